The summed E-state index contributed by atoms with van der Waals surface area (Å²) >= 11 is 0. The van der Waals surface area contributed by atoms with Crippen LogP contribution in [-0.4, -0.2) is 17.0 Å². The first-order valence-corrected chi connectivity index (χ1v) is 17.9. The molecule has 3 aromatic rings. The number of ether oxygens (including phenoxy) is 2. The molecule has 1 unspecified atom stereocenters. The maximum Gasteiger partial charge on any atom is 0.343 e. The number of benzene rings is 3. The SMILES string of the molecule is CCCCCCC(C)Oc1cc([N+](=O)[O-])c(-c2ccc(C(=O)Oc3ccc(CCC4CCC(CCCCC)CC4)cc3)cc2)cc1N. The van der Waals surface area contributed by atoms with E-state index in [1.54, 1.807) is 30.3 Å². The predicted molar refractivity (Wildman–Crippen MR) is 191 cm³/mol. The molecule has 4 rings (SSSR count). The normalized spacial score (nSPS) is 16.8. The van der Waals surface area contributed by atoms with Crippen molar-refractivity contribution in [1.82, 2.24) is 0 Å². The van der Waals surface area contributed by atoms with E-state index in [1.807, 2.05) is 31.2 Å². The smallest absolute Gasteiger partial charge is 0.343 e. The Balaban J connectivity index is 1.30. The molecule has 0 aliphatic heterocycles. The lowest BCUT2D eigenvalue weighted by Crippen LogP contribution is -2.15. The first-order chi connectivity index (χ1) is 22.8. The van der Waals surface area contributed by atoms with Gasteiger partial charge in [-0.1, -0.05) is 109 Å². The van der Waals surface area contributed by atoms with Crippen molar-refractivity contribution in [1.29, 1.82) is 0 Å². The van der Waals surface area contributed by atoms with Gasteiger partial charge < -0.3 is 15.2 Å². The van der Waals surface area contributed by atoms with Crippen molar-refractivity contribution >= 4 is 17.3 Å². The second-order valence-electron chi connectivity index (χ2n) is 13.5. The summed E-state index contributed by atoms with van der Waals surface area (Å²) in [4.78, 5) is 24.5. The van der Waals surface area contributed by atoms with Gasteiger partial charge in [0.2, 0.25) is 0 Å². The number of anilines is 1. The maximum absolute atomic E-state index is 12.9. The molecule has 0 amide bonds. The molecule has 1 aliphatic rings. The van der Waals surface area contributed by atoms with Crippen LogP contribution in [0.5, 0.6) is 11.5 Å². The molecule has 0 aromatic heterocycles. The highest BCUT2D eigenvalue weighted by atomic mass is 16.6. The Labute approximate surface area is 281 Å². The van der Waals surface area contributed by atoms with E-state index in [-0.39, 0.29) is 11.8 Å². The number of unbranched alkanes of at least 4 members (excludes halogenated alkanes) is 5. The molecule has 0 saturated heterocycles. The number of rotatable bonds is 18. The lowest BCUT2D eigenvalue weighted by atomic mass is 9.78. The van der Waals surface area contributed by atoms with Crippen LogP contribution >= 0.6 is 0 Å². The third-order valence-corrected chi connectivity index (χ3v) is 9.71. The van der Waals surface area contributed by atoms with E-state index in [1.165, 1.54) is 75.8 Å². The zero-order valence-electron chi connectivity index (χ0n) is 28.7. The number of nitrogens with zero attached hydrogens (tertiary/aromatic N) is 1. The van der Waals surface area contributed by atoms with Crippen LogP contribution in [0, 0.1) is 22.0 Å². The topological polar surface area (TPSA) is 105 Å². The average Bonchev–Trinajstić information content (AvgIpc) is 3.08. The number of nitro groups is 1. The van der Waals surface area contributed by atoms with Crippen LogP contribution < -0.4 is 15.2 Å². The van der Waals surface area contributed by atoms with E-state index in [0.717, 1.165) is 43.9 Å². The quantitative estimate of drug-likeness (QED) is 0.0370. The first kappa shape index (κ1) is 36.0. The van der Waals surface area contributed by atoms with Crippen LogP contribution in [0.25, 0.3) is 11.1 Å². The first-order valence-electron chi connectivity index (χ1n) is 17.9. The van der Waals surface area contributed by atoms with Crippen LogP contribution in [0.1, 0.15) is 127 Å². The third-order valence-electron chi connectivity index (χ3n) is 9.71. The molecule has 7 nitrogen and oxygen atoms in total. The molecule has 1 fully saturated rings. The standard InChI is InChI=1S/C40H54N2O5/c1-4-6-8-10-11-29(3)46-39-28-38(42(44)45)36(27-37(39)41)33-21-23-34(24-22-33)40(43)47-35-25-19-32(20-26-35)18-17-31-15-13-30(14-16-31)12-9-7-5-2/h19-31H,4-18,41H2,1-3H3. The molecule has 1 saturated carbocycles. The van der Waals surface area contributed by atoms with E-state index >= 15 is 0 Å². The molecule has 0 radical (unpaired) electrons. The second-order valence-corrected chi connectivity index (χ2v) is 13.5. The van der Waals surface area contributed by atoms with Crippen LogP contribution in [0.2, 0.25) is 0 Å². The van der Waals surface area contributed by atoms with Gasteiger partial charge in [-0.15, -0.1) is 0 Å². The van der Waals surface area contributed by atoms with Crippen LogP contribution in [-0.2, 0) is 6.42 Å². The van der Waals surface area contributed by atoms with Crippen molar-refractivity contribution in [2.75, 3.05) is 5.73 Å². The molecule has 3 aromatic carbocycles. The highest BCUT2D eigenvalue weighted by Crippen LogP contribution is 2.38. The van der Waals surface area contributed by atoms with Gasteiger partial charge in [-0.2, -0.15) is 0 Å². The molecule has 2 N–H and O–H groups in total. The number of carbonyl (C=O) groups excluding carboxylic acids is 1. The summed E-state index contributed by atoms with van der Waals surface area (Å²) in [7, 11) is 0. The molecule has 0 bridgehead atoms. The number of hydrogen-bond acceptors (Lipinski definition) is 6. The highest BCUT2D eigenvalue weighted by Gasteiger charge is 2.22. The number of nitro benzene ring substituents is 1. The van der Waals surface area contributed by atoms with Crippen molar-refractivity contribution in [3.05, 3.63) is 81.9 Å². The fourth-order valence-corrected chi connectivity index (χ4v) is 6.74. The summed E-state index contributed by atoms with van der Waals surface area (Å²) in [5.74, 6) is 2.08. The zero-order valence-corrected chi connectivity index (χ0v) is 28.7. The zero-order chi connectivity index (χ0) is 33.6. The lowest BCUT2D eigenvalue weighted by molar-refractivity contribution is -0.384. The van der Waals surface area contributed by atoms with Crippen LogP contribution in [0.15, 0.2) is 60.7 Å². The Morgan fingerprint density at radius 2 is 1.51 bits per heavy atom. The van der Waals surface area contributed by atoms with Crippen molar-refractivity contribution < 1.29 is 19.2 Å². The summed E-state index contributed by atoms with van der Waals surface area (Å²) in [5, 5.41) is 12.0. The minimum atomic E-state index is -0.481. The second kappa shape index (κ2) is 18.5. The van der Waals surface area contributed by atoms with E-state index in [0.29, 0.717) is 33.9 Å². The number of aryl methyl sites for hydroxylation is 1. The van der Waals surface area contributed by atoms with Gasteiger partial charge in [0.25, 0.3) is 5.69 Å². The molecular formula is C40H54N2O5. The van der Waals surface area contributed by atoms with Gasteiger partial charge in [0.1, 0.15) is 11.5 Å². The number of nitrogens with two attached hydrogens (primary N) is 1. The molecule has 47 heavy (non-hydrogen) atoms. The van der Waals surface area contributed by atoms with Crippen molar-refractivity contribution in [2.24, 2.45) is 11.8 Å². The molecular weight excluding hydrogens is 588 g/mol. The monoisotopic (exact) mass is 642 g/mol. The Morgan fingerprint density at radius 3 is 2.15 bits per heavy atom. The van der Waals surface area contributed by atoms with E-state index in [4.69, 9.17) is 15.2 Å². The van der Waals surface area contributed by atoms with Crippen LogP contribution in [0.3, 0.4) is 0 Å². The Morgan fingerprint density at radius 1 is 0.872 bits per heavy atom. The van der Waals surface area contributed by atoms with E-state index in [2.05, 4.69) is 13.8 Å². The minimum absolute atomic E-state index is 0.0992. The van der Waals surface area contributed by atoms with Gasteiger partial charge in [0.15, 0.2) is 0 Å². The van der Waals surface area contributed by atoms with Crippen LogP contribution in [0.4, 0.5) is 11.4 Å². The highest BCUT2D eigenvalue weighted by molar-refractivity contribution is 5.92. The number of esters is 1. The van der Waals surface area contributed by atoms with Gasteiger partial charge in [-0.3, -0.25) is 10.1 Å². The molecule has 1 aliphatic carbocycles. The average molecular weight is 643 g/mol. The molecule has 0 spiro atoms. The predicted octanol–water partition coefficient (Wildman–Crippen LogP) is 11.1. The van der Waals surface area contributed by atoms with E-state index in [9.17, 15) is 14.9 Å². The summed E-state index contributed by atoms with van der Waals surface area (Å²) in [6.07, 6.45) is 18.5. The third kappa shape index (κ3) is 11.1. The van der Waals surface area contributed by atoms with Gasteiger partial charge in [0.05, 0.1) is 33.9 Å². The largest absolute Gasteiger partial charge is 0.488 e. The van der Waals surface area contributed by atoms with Gasteiger partial charge in [-0.25, -0.2) is 4.79 Å². The van der Waals surface area contributed by atoms with Gasteiger partial charge >= 0.3 is 5.97 Å². The van der Waals surface area contributed by atoms with Gasteiger partial charge in [-0.05, 0) is 85.9 Å². The van der Waals surface area contributed by atoms with Crippen molar-refractivity contribution in [2.45, 2.75) is 123 Å². The Hall–Kier alpha value is -3.87. The van der Waals surface area contributed by atoms with Crippen molar-refractivity contribution in [3.8, 4) is 22.6 Å². The summed E-state index contributed by atoms with van der Waals surface area (Å²) in [6.45, 7) is 6.40. The summed E-state index contributed by atoms with van der Waals surface area (Å²) < 4.78 is 11.6. The molecule has 1 atom stereocenters. The fraction of sp³-hybridized carbons (Fsp3) is 0.525. The van der Waals surface area contributed by atoms with Crippen molar-refractivity contribution in [3.63, 3.8) is 0 Å². The Kier molecular flexibility index (Phi) is 14.1. The molecule has 7 heteroatoms. The summed E-state index contributed by atoms with van der Waals surface area (Å²) in [5.41, 5.74) is 9.09. The number of carbonyl (C=O) groups is 1. The summed E-state index contributed by atoms with van der Waals surface area (Å²) in [6, 6.07) is 17.4. The number of nitrogen functional groups attached to an aromatic ring is 1. The fourth-order valence-electron chi connectivity index (χ4n) is 6.74. The van der Waals surface area contributed by atoms with E-state index < -0.39 is 10.9 Å². The maximum atomic E-state index is 12.9. The molecule has 0 heterocycles. The molecule has 254 valence electrons. The minimum Gasteiger partial charge on any atom is -0.488 e. The Bertz CT molecular complexity index is 1410. The number of hydrogen-bond donors (Lipinski definition) is 1. The lowest BCUT2D eigenvalue weighted by Gasteiger charge is -2.28. The van der Waals surface area contributed by atoms with Gasteiger partial charge in [0, 0.05) is 0 Å².